The largest absolute Gasteiger partial charge is 0.348 e. The van der Waals surface area contributed by atoms with Crippen LogP contribution >= 0.6 is 0 Å². The zero-order valence-electron chi connectivity index (χ0n) is 13.3. The van der Waals surface area contributed by atoms with Crippen molar-refractivity contribution in [3.05, 3.63) is 29.3 Å². The van der Waals surface area contributed by atoms with Gasteiger partial charge in [-0.15, -0.1) is 6.58 Å². The summed E-state index contributed by atoms with van der Waals surface area (Å²) in [5.74, 6) is 0.413. The van der Waals surface area contributed by atoms with Gasteiger partial charge >= 0.3 is 5.69 Å². The molecule has 0 spiro atoms. The molecule has 0 aromatic carbocycles. The summed E-state index contributed by atoms with van der Waals surface area (Å²) in [7, 11) is 0. The Hall–Kier alpha value is -2.44. The number of hydrogen-bond acceptors (Lipinski definition) is 5. The lowest BCUT2D eigenvalue weighted by molar-refractivity contribution is 0.605. The number of rotatable bonds is 11. The van der Waals surface area contributed by atoms with Crippen molar-refractivity contribution in [2.24, 2.45) is 5.10 Å². The van der Waals surface area contributed by atoms with Crippen LogP contribution in [0.15, 0.2) is 28.7 Å². The molecular weight excluding hydrogens is 292 g/mol. The molecule has 0 aliphatic rings. The van der Waals surface area contributed by atoms with Crippen LogP contribution in [0.5, 0.6) is 0 Å². The van der Waals surface area contributed by atoms with Crippen LogP contribution in [0.1, 0.15) is 51.4 Å². The average molecular weight is 316 g/mol. The smallest absolute Gasteiger partial charge is 0.290 e. The maximum atomic E-state index is 11.4. The van der Waals surface area contributed by atoms with Gasteiger partial charge in [-0.3, -0.25) is 15.5 Å². The second-order valence-electron chi connectivity index (χ2n) is 5.46. The topological polar surface area (TPSA) is 98.8 Å². The molecule has 0 aliphatic carbocycles. The summed E-state index contributed by atoms with van der Waals surface area (Å²) < 4.78 is 0. The highest BCUT2D eigenvalue weighted by atomic mass is 16.1. The van der Waals surface area contributed by atoms with Crippen molar-refractivity contribution >= 4 is 23.1 Å². The molecule has 0 bridgehead atoms. The van der Waals surface area contributed by atoms with Crippen LogP contribution in [0.3, 0.4) is 0 Å². The molecule has 7 nitrogen and oxygen atoms in total. The lowest BCUT2D eigenvalue weighted by atomic mass is 10.1. The van der Waals surface area contributed by atoms with E-state index in [0.717, 1.165) is 19.3 Å². The zero-order chi connectivity index (χ0) is 16.3. The van der Waals surface area contributed by atoms with Gasteiger partial charge in [0.1, 0.15) is 5.65 Å². The van der Waals surface area contributed by atoms with E-state index in [4.69, 9.17) is 0 Å². The summed E-state index contributed by atoms with van der Waals surface area (Å²) in [6.07, 6.45) is 14.9. The minimum absolute atomic E-state index is 0.413. The summed E-state index contributed by atoms with van der Waals surface area (Å²) in [5.41, 5.74) is 2.92. The van der Waals surface area contributed by atoms with Crippen LogP contribution < -0.4 is 11.1 Å². The quantitative estimate of drug-likeness (QED) is 0.256. The van der Waals surface area contributed by atoms with Gasteiger partial charge in [0.05, 0.1) is 11.6 Å². The molecule has 0 amide bonds. The Morgan fingerprint density at radius 1 is 1.17 bits per heavy atom. The molecule has 0 saturated carbocycles. The molecule has 7 heteroatoms. The summed E-state index contributed by atoms with van der Waals surface area (Å²) in [6, 6.07) is 0. The first-order valence-corrected chi connectivity index (χ1v) is 8.13. The number of anilines is 1. The number of fused-ring (bicyclic) bond motifs is 1. The van der Waals surface area contributed by atoms with Crippen LogP contribution in [-0.4, -0.2) is 26.4 Å². The van der Waals surface area contributed by atoms with E-state index in [2.05, 4.69) is 37.3 Å². The van der Waals surface area contributed by atoms with E-state index in [1.165, 1.54) is 32.1 Å². The predicted molar refractivity (Wildman–Crippen MR) is 93.8 cm³/mol. The maximum absolute atomic E-state index is 11.4. The number of hydrogen-bond donors (Lipinski definition) is 3. The molecule has 0 radical (unpaired) electrons. The molecule has 3 N–H and O–H groups in total. The monoisotopic (exact) mass is 316 g/mol. The van der Waals surface area contributed by atoms with Gasteiger partial charge in [-0.2, -0.15) is 15.2 Å². The lowest BCUT2D eigenvalue weighted by Crippen LogP contribution is -2.12. The first-order chi connectivity index (χ1) is 11.3. The first-order valence-electron chi connectivity index (χ1n) is 8.13. The third-order valence-electron chi connectivity index (χ3n) is 3.59. The molecular formula is C16H24N6O. The molecule has 0 atom stereocenters. The Morgan fingerprint density at radius 3 is 2.70 bits per heavy atom. The van der Waals surface area contributed by atoms with Crippen molar-refractivity contribution in [1.29, 1.82) is 0 Å². The van der Waals surface area contributed by atoms with Gasteiger partial charge in [-0.1, -0.05) is 31.8 Å². The van der Waals surface area contributed by atoms with E-state index >= 15 is 0 Å². The summed E-state index contributed by atoms with van der Waals surface area (Å²) in [4.78, 5) is 17.8. The normalized spacial score (nSPS) is 11.3. The fourth-order valence-electron chi connectivity index (χ4n) is 2.35. The van der Waals surface area contributed by atoms with E-state index in [1.54, 1.807) is 6.20 Å². The van der Waals surface area contributed by atoms with Gasteiger partial charge < -0.3 is 0 Å². The van der Waals surface area contributed by atoms with Gasteiger partial charge in [-0.05, 0) is 25.7 Å². The third kappa shape index (κ3) is 5.69. The van der Waals surface area contributed by atoms with Crippen LogP contribution in [0.25, 0.3) is 11.0 Å². The molecule has 0 unspecified atom stereocenters. The highest BCUT2D eigenvalue weighted by molar-refractivity contribution is 5.85. The van der Waals surface area contributed by atoms with Gasteiger partial charge in [0, 0.05) is 6.21 Å². The second kappa shape index (κ2) is 9.55. The van der Waals surface area contributed by atoms with Crippen LogP contribution in [0, 0.1) is 0 Å². The number of aromatic nitrogens is 4. The van der Waals surface area contributed by atoms with Crippen molar-refractivity contribution in [3.8, 4) is 0 Å². The number of hydrazone groups is 1. The van der Waals surface area contributed by atoms with E-state index in [0.29, 0.717) is 16.9 Å². The Morgan fingerprint density at radius 2 is 1.91 bits per heavy atom. The number of nitrogens with one attached hydrogen (secondary N) is 3. The molecule has 2 rings (SSSR count). The molecule has 0 saturated heterocycles. The van der Waals surface area contributed by atoms with Gasteiger partial charge in [-0.25, -0.2) is 4.79 Å². The van der Waals surface area contributed by atoms with Crippen molar-refractivity contribution in [2.45, 2.75) is 51.4 Å². The van der Waals surface area contributed by atoms with E-state index < -0.39 is 5.69 Å². The van der Waals surface area contributed by atoms with Crippen LogP contribution in [-0.2, 0) is 0 Å². The standard InChI is InChI=1S/C16H24N6O/c1-2-3-4-5-6-7-8-9-10-11-17-21-14-13-12-18-22-15(13)20-16(23)19-14/h2,11-12H,1,3-10H2,(H3,18,19,20,21,22,23)/b17-11+. The van der Waals surface area contributed by atoms with E-state index in [9.17, 15) is 4.79 Å². The van der Waals surface area contributed by atoms with Crippen molar-refractivity contribution in [1.82, 2.24) is 20.2 Å². The fraction of sp³-hybridized carbons (Fsp3) is 0.500. The number of unbranched alkanes of at least 4 members (excludes halogenated alkanes) is 7. The Labute approximate surface area is 135 Å². The minimum Gasteiger partial charge on any atom is -0.290 e. The number of nitrogens with zero attached hydrogens (tertiary/aromatic N) is 3. The maximum Gasteiger partial charge on any atom is 0.348 e. The Balaban J connectivity index is 1.64. The third-order valence-corrected chi connectivity index (χ3v) is 3.59. The Kier molecular flexibility index (Phi) is 7.03. The van der Waals surface area contributed by atoms with Gasteiger partial charge in [0.15, 0.2) is 5.82 Å². The first kappa shape index (κ1) is 16.9. The van der Waals surface area contributed by atoms with Crippen LogP contribution in [0.2, 0.25) is 0 Å². The molecule has 2 heterocycles. The van der Waals surface area contributed by atoms with Gasteiger partial charge in [0.25, 0.3) is 0 Å². The number of H-pyrrole nitrogens is 2. The molecule has 2 aromatic heterocycles. The molecule has 0 fully saturated rings. The second-order valence-corrected chi connectivity index (χ2v) is 5.46. The molecule has 23 heavy (non-hydrogen) atoms. The SMILES string of the molecule is C=CCCCCCCCC/C=N/Nc1nc(=O)[nH]c2[nH]ncc12. The van der Waals surface area contributed by atoms with Crippen molar-refractivity contribution in [3.63, 3.8) is 0 Å². The summed E-state index contributed by atoms with van der Waals surface area (Å²) in [6.45, 7) is 3.73. The number of aromatic amines is 2. The van der Waals surface area contributed by atoms with E-state index in [1.807, 2.05) is 12.3 Å². The highest BCUT2D eigenvalue weighted by Crippen LogP contribution is 2.14. The Bertz CT molecular complexity index is 687. The van der Waals surface area contributed by atoms with E-state index in [-0.39, 0.29) is 0 Å². The molecule has 0 aliphatic heterocycles. The van der Waals surface area contributed by atoms with Gasteiger partial charge in [0.2, 0.25) is 0 Å². The lowest BCUT2D eigenvalue weighted by Gasteiger charge is -2.00. The number of allylic oxidation sites excluding steroid dienone is 1. The van der Waals surface area contributed by atoms with Crippen LogP contribution in [0.4, 0.5) is 5.82 Å². The fourth-order valence-corrected chi connectivity index (χ4v) is 2.35. The molecule has 124 valence electrons. The zero-order valence-corrected chi connectivity index (χ0v) is 13.3. The molecule has 2 aromatic rings. The summed E-state index contributed by atoms with van der Waals surface area (Å²) >= 11 is 0. The highest BCUT2D eigenvalue weighted by Gasteiger charge is 2.05. The minimum atomic E-state index is -0.434. The van der Waals surface area contributed by atoms with Crippen molar-refractivity contribution < 1.29 is 0 Å². The average Bonchev–Trinajstić information content (AvgIpc) is 3.00. The summed E-state index contributed by atoms with van der Waals surface area (Å²) in [5, 5.41) is 11.4. The predicted octanol–water partition coefficient (Wildman–Crippen LogP) is 3.35. The van der Waals surface area contributed by atoms with Crippen molar-refractivity contribution in [2.75, 3.05) is 5.43 Å².